The molecule has 0 bridgehead atoms. The number of fused-ring (bicyclic) bond motifs is 1. The number of ether oxygens (including phenoxy) is 3. The number of carbonyl (C=O) groups is 6. The first-order chi connectivity index (χ1) is 31.0. The van der Waals surface area contributed by atoms with Crippen molar-refractivity contribution in [3.63, 3.8) is 0 Å². The van der Waals surface area contributed by atoms with Crippen molar-refractivity contribution in [2.24, 2.45) is 5.92 Å². The Labute approximate surface area is 384 Å². The monoisotopic (exact) mass is 904 g/mol. The van der Waals surface area contributed by atoms with Crippen LogP contribution in [0, 0.1) is 5.92 Å². The van der Waals surface area contributed by atoms with Crippen LogP contribution in [0.25, 0.3) is 10.9 Å². The van der Waals surface area contributed by atoms with Crippen molar-refractivity contribution < 1.29 is 43.0 Å². The number of nitrogens with one attached hydrogen (secondary N) is 4. The van der Waals surface area contributed by atoms with Gasteiger partial charge in [0.05, 0.1) is 32.8 Å². The van der Waals surface area contributed by atoms with Crippen molar-refractivity contribution in [1.82, 2.24) is 30.3 Å². The molecule has 16 heteroatoms. The maximum absolute atomic E-state index is 13.9. The molecule has 0 saturated carbocycles. The maximum atomic E-state index is 13.9. The molecule has 0 radical (unpaired) electrons. The van der Waals surface area contributed by atoms with E-state index in [9.17, 15) is 28.8 Å². The number of aryl methyl sites for hydroxylation is 2. The lowest BCUT2D eigenvalue weighted by Crippen LogP contribution is -2.54. The Balaban J connectivity index is 1.30. The minimum atomic E-state index is -0.930. The van der Waals surface area contributed by atoms with Crippen LogP contribution >= 0.6 is 0 Å². The molecule has 1 fully saturated rings. The molecule has 0 spiro atoms. The fraction of sp³-hybridized carbons (Fsp3) is 0.592. The number of piperidine rings is 1. The van der Waals surface area contributed by atoms with Gasteiger partial charge < -0.3 is 49.8 Å². The average molecular weight is 904 g/mol. The second-order valence-electron chi connectivity index (χ2n) is 17.9. The summed E-state index contributed by atoms with van der Waals surface area (Å²) in [6.07, 6.45) is 2.24. The zero-order valence-electron chi connectivity index (χ0n) is 39.8. The SMILES string of the molecule is CCc1ccc(NC(=O)[C@H](C)NC(=O)[C@@H](NC(=O)CCC(=O)N(CCOCCOCCC(=O)OC(C)(C)C)C2CCN(C(=O)CCn3c(CNC)cc4ccccc43)CC2)C(C)C)cc1. The second-order valence-corrected chi connectivity index (χ2v) is 17.9. The Bertz CT molecular complexity index is 2020. The summed E-state index contributed by atoms with van der Waals surface area (Å²) >= 11 is 0. The number of hydrogen-bond donors (Lipinski definition) is 4. The van der Waals surface area contributed by atoms with Gasteiger partial charge in [0.2, 0.25) is 29.5 Å². The van der Waals surface area contributed by atoms with Gasteiger partial charge in [-0.1, -0.05) is 51.1 Å². The van der Waals surface area contributed by atoms with Gasteiger partial charge in [-0.15, -0.1) is 0 Å². The molecule has 16 nitrogen and oxygen atoms in total. The molecule has 2 atom stereocenters. The summed E-state index contributed by atoms with van der Waals surface area (Å²) in [5, 5.41) is 12.7. The number of carbonyl (C=O) groups excluding carboxylic acids is 6. The summed E-state index contributed by atoms with van der Waals surface area (Å²) in [4.78, 5) is 82.6. The highest BCUT2D eigenvalue weighted by molar-refractivity contribution is 5.98. The molecule has 1 aromatic heterocycles. The smallest absolute Gasteiger partial charge is 0.308 e. The topological polar surface area (TPSA) is 190 Å². The van der Waals surface area contributed by atoms with E-state index in [1.54, 1.807) is 25.7 Å². The van der Waals surface area contributed by atoms with Gasteiger partial charge in [0.15, 0.2) is 0 Å². The number of amides is 5. The highest BCUT2D eigenvalue weighted by atomic mass is 16.6. The summed E-state index contributed by atoms with van der Waals surface area (Å²) in [6, 6.07) is 15.8. The number of hydrogen-bond acceptors (Lipinski definition) is 10. The van der Waals surface area contributed by atoms with Crippen molar-refractivity contribution in [2.75, 3.05) is 58.4 Å². The van der Waals surface area contributed by atoms with Crippen LogP contribution in [0.2, 0.25) is 0 Å². The molecule has 0 unspecified atom stereocenters. The predicted octanol–water partition coefficient (Wildman–Crippen LogP) is 4.96. The van der Waals surface area contributed by atoms with Gasteiger partial charge in [-0.2, -0.15) is 0 Å². The molecule has 65 heavy (non-hydrogen) atoms. The third kappa shape index (κ3) is 17.2. The van der Waals surface area contributed by atoms with E-state index in [2.05, 4.69) is 44.0 Å². The van der Waals surface area contributed by atoms with E-state index in [0.29, 0.717) is 51.1 Å². The van der Waals surface area contributed by atoms with E-state index in [0.717, 1.165) is 28.6 Å². The Kier molecular flexibility index (Phi) is 20.9. The highest BCUT2D eigenvalue weighted by Gasteiger charge is 2.31. The summed E-state index contributed by atoms with van der Waals surface area (Å²) in [7, 11) is 1.90. The summed E-state index contributed by atoms with van der Waals surface area (Å²) in [5.41, 5.74) is 3.39. The van der Waals surface area contributed by atoms with E-state index in [1.165, 1.54) is 0 Å². The number of esters is 1. The molecule has 3 aromatic rings. The van der Waals surface area contributed by atoms with Gasteiger partial charge in [-0.25, -0.2) is 0 Å². The fourth-order valence-electron chi connectivity index (χ4n) is 7.78. The lowest BCUT2D eigenvalue weighted by atomic mass is 10.0. The lowest BCUT2D eigenvalue weighted by molar-refractivity contribution is -0.156. The molecular formula is C49H73N7O9. The third-order valence-corrected chi connectivity index (χ3v) is 11.3. The Hall–Kier alpha value is -5.32. The number of para-hydroxylation sites is 1. The van der Waals surface area contributed by atoms with Crippen LogP contribution in [0.4, 0.5) is 5.69 Å². The fourth-order valence-corrected chi connectivity index (χ4v) is 7.78. The zero-order chi connectivity index (χ0) is 47.5. The first-order valence-electron chi connectivity index (χ1n) is 23.1. The second kappa shape index (κ2) is 26.0. The number of benzene rings is 2. The van der Waals surface area contributed by atoms with E-state index in [1.807, 2.05) is 76.0 Å². The highest BCUT2D eigenvalue weighted by Crippen LogP contribution is 2.23. The number of aromatic nitrogens is 1. The van der Waals surface area contributed by atoms with Crippen LogP contribution in [0.3, 0.4) is 0 Å². The molecule has 358 valence electrons. The minimum Gasteiger partial charge on any atom is -0.460 e. The Morgan fingerprint density at radius 2 is 1.49 bits per heavy atom. The van der Waals surface area contributed by atoms with Crippen LogP contribution in [0.1, 0.15) is 98.2 Å². The molecule has 1 aliphatic rings. The summed E-state index contributed by atoms with van der Waals surface area (Å²) in [6.45, 7) is 16.1. The summed E-state index contributed by atoms with van der Waals surface area (Å²) < 4.78 is 18.9. The van der Waals surface area contributed by atoms with Crippen LogP contribution in [-0.4, -0.2) is 127 Å². The minimum absolute atomic E-state index is 0.0571. The number of nitrogens with zero attached hydrogens (tertiary/aromatic N) is 3. The predicted molar refractivity (Wildman–Crippen MR) is 251 cm³/mol. The summed E-state index contributed by atoms with van der Waals surface area (Å²) in [5.74, 6) is -2.17. The molecule has 2 heterocycles. The van der Waals surface area contributed by atoms with Gasteiger partial charge >= 0.3 is 5.97 Å². The van der Waals surface area contributed by atoms with E-state index < -0.39 is 35.4 Å². The first kappa shape index (κ1) is 52.3. The molecule has 4 rings (SSSR count). The third-order valence-electron chi connectivity index (χ3n) is 11.3. The normalized spacial score (nSPS) is 14.2. The maximum Gasteiger partial charge on any atom is 0.308 e. The van der Waals surface area contributed by atoms with Crippen LogP contribution in [0.5, 0.6) is 0 Å². The molecule has 2 aromatic carbocycles. The number of likely N-dealkylation sites (tertiary alicyclic amines) is 1. The number of rotatable bonds is 25. The molecular weight excluding hydrogens is 831 g/mol. The lowest BCUT2D eigenvalue weighted by Gasteiger charge is -2.39. The number of anilines is 1. The van der Waals surface area contributed by atoms with E-state index >= 15 is 0 Å². The molecule has 4 N–H and O–H groups in total. The zero-order valence-corrected chi connectivity index (χ0v) is 39.8. The van der Waals surface area contributed by atoms with Crippen LogP contribution in [0.15, 0.2) is 54.6 Å². The van der Waals surface area contributed by atoms with Crippen molar-refractivity contribution in [3.05, 3.63) is 65.9 Å². The van der Waals surface area contributed by atoms with Crippen molar-refractivity contribution in [2.45, 2.75) is 130 Å². The van der Waals surface area contributed by atoms with Gasteiger partial charge in [0, 0.05) is 74.9 Å². The van der Waals surface area contributed by atoms with Crippen LogP contribution in [-0.2, 0) is 62.5 Å². The van der Waals surface area contributed by atoms with Gasteiger partial charge in [-0.3, -0.25) is 28.8 Å². The van der Waals surface area contributed by atoms with Gasteiger partial charge in [0.25, 0.3) is 0 Å². The molecule has 1 saturated heterocycles. The van der Waals surface area contributed by atoms with Gasteiger partial charge in [0.1, 0.15) is 17.7 Å². The molecule has 1 aliphatic heterocycles. The van der Waals surface area contributed by atoms with Crippen molar-refractivity contribution in [1.29, 1.82) is 0 Å². The average Bonchev–Trinajstić information content (AvgIpc) is 3.62. The Morgan fingerprint density at radius 1 is 0.815 bits per heavy atom. The van der Waals surface area contributed by atoms with Crippen molar-refractivity contribution >= 4 is 52.1 Å². The van der Waals surface area contributed by atoms with Crippen LogP contribution < -0.4 is 21.3 Å². The largest absolute Gasteiger partial charge is 0.460 e. The van der Waals surface area contributed by atoms with E-state index in [-0.39, 0.29) is 82.0 Å². The molecule has 5 amide bonds. The Morgan fingerprint density at radius 3 is 2.14 bits per heavy atom. The first-order valence-corrected chi connectivity index (χ1v) is 23.1. The van der Waals surface area contributed by atoms with Crippen molar-refractivity contribution in [3.8, 4) is 0 Å². The van der Waals surface area contributed by atoms with E-state index in [4.69, 9.17) is 14.2 Å². The molecule has 0 aliphatic carbocycles. The quantitative estimate of drug-likeness (QED) is 0.0669. The van der Waals surface area contributed by atoms with Gasteiger partial charge in [-0.05, 0) is 95.1 Å². The standard InChI is InChI=1S/C49H73N7O9/c1-9-36-14-16-38(17-15-36)52-47(61)35(4)51-48(62)46(34(2)3)53-42(57)18-19-44(59)56(27-29-64-31-30-63-28-23-45(60)65-49(5,6)7)39-20-24-54(25-21-39)43(58)22-26-55-40(33-50-8)32-37-12-10-11-13-41(37)55/h10-17,32,34-35,39,46,50H,9,18-31,33H2,1-8H3,(H,51,62)(H,52,61)(H,53,57)/t35-,46-/m0/s1.